The molecule has 4 rings (SSSR count). The summed E-state index contributed by atoms with van der Waals surface area (Å²) in [6.07, 6.45) is 7.77. The molecule has 0 fully saturated rings. The lowest BCUT2D eigenvalue weighted by Gasteiger charge is -2.23. The van der Waals surface area contributed by atoms with Gasteiger partial charge in [0.05, 0.1) is 29.8 Å². The van der Waals surface area contributed by atoms with Crippen LogP contribution in [0.25, 0.3) is 11.0 Å². The molecule has 230 valence electrons. The number of benzene rings is 2. The zero-order valence-electron chi connectivity index (χ0n) is 25.4. The van der Waals surface area contributed by atoms with Crippen LogP contribution < -0.4 is 16.0 Å². The SMILES string of the molecule is CC1C=CC(OCCCC(=O)NC(C(=O)NCC(O)CNC(Cc2ccccc2)c2nc3ccccc3[nH]2)C(C)C)=CC1. The Bertz CT molecular complexity index is 1350. The van der Waals surface area contributed by atoms with Crippen molar-refractivity contribution in [3.63, 3.8) is 0 Å². The second-order valence-corrected chi connectivity index (χ2v) is 11.6. The summed E-state index contributed by atoms with van der Waals surface area (Å²) < 4.78 is 5.74. The highest BCUT2D eigenvalue weighted by atomic mass is 16.5. The van der Waals surface area contributed by atoms with Crippen LogP contribution in [0.3, 0.4) is 0 Å². The van der Waals surface area contributed by atoms with E-state index in [1.54, 1.807) is 0 Å². The maximum atomic E-state index is 13.0. The van der Waals surface area contributed by atoms with Crippen molar-refractivity contribution in [2.24, 2.45) is 11.8 Å². The average Bonchev–Trinajstić information content (AvgIpc) is 3.44. The number of aromatic amines is 1. The van der Waals surface area contributed by atoms with Gasteiger partial charge in [0, 0.05) is 19.5 Å². The van der Waals surface area contributed by atoms with E-state index < -0.39 is 12.1 Å². The molecule has 2 amide bonds. The average molecular weight is 588 g/mol. The summed E-state index contributed by atoms with van der Waals surface area (Å²) >= 11 is 0. The summed E-state index contributed by atoms with van der Waals surface area (Å²) in [4.78, 5) is 33.7. The lowest BCUT2D eigenvalue weighted by Crippen LogP contribution is -2.51. The largest absolute Gasteiger partial charge is 0.494 e. The zero-order chi connectivity index (χ0) is 30.6. The Hall–Kier alpha value is -3.95. The first-order valence-corrected chi connectivity index (χ1v) is 15.3. The van der Waals surface area contributed by atoms with Crippen molar-refractivity contribution in [1.82, 2.24) is 25.9 Å². The van der Waals surface area contributed by atoms with Crippen molar-refractivity contribution in [1.29, 1.82) is 0 Å². The maximum absolute atomic E-state index is 13.0. The van der Waals surface area contributed by atoms with Gasteiger partial charge in [0.25, 0.3) is 0 Å². The van der Waals surface area contributed by atoms with Crippen LogP contribution in [0.4, 0.5) is 0 Å². The van der Waals surface area contributed by atoms with Crippen LogP contribution in [0, 0.1) is 11.8 Å². The minimum absolute atomic E-state index is 0.0538. The number of carbonyl (C=O) groups excluding carboxylic acids is 2. The van der Waals surface area contributed by atoms with Crippen LogP contribution in [-0.4, -0.2) is 58.7 Å². The summed E-state index contributed by atoms with van der Waals surface area (Å²) in [7, 11) is 0. The fourth-order valence-electron chi connectivity index (χ4n) is 4.95. The molecule has 0 radical (unpaired) electrons. The van der Waals surface area contributed by atoms with Crippen molar-refractivity contribution < 1.29 is 19.4 Å². The summed E-state index contributed by atoms with van der Waals surface area (Å²) in [6.45, 7) is 6.66. The van der Waals surface area contributed by atoms with Gasteiger partial charge < -0.3 is 30.8 Å². The van der Waals surface area contributed by atoms with E-state index in [0.29, 0.717) is 25.4 Å². The van der Waals surface area contributed by atoms with Crippen molar-refractivity contribution in [3.05, 3.63) is 90.0 Å². The quantitative estimate of drug-likeness (QED) is 0.159. The second-order valence-electron chi connectivity index (χ2n) is 11.6. The predicted molar refractivity (Wildman–Crippen MR) is 169 cm³/mol. The van der Waals surface area contributed by atoms with Crippen LogP contribution in [0.15, 0.2) is 78.6 Å². The molecule has 1 aliphatic carbocycles. The van der Waals surface area contributed by atoms with Crippen LogP contribution in [-0.2, 0) is 20.7 Å². The molecule has 3 aromatic rings. The summed E-state index contributed by atoms with van der Waals surface area (Å²) in [5.41, 5.74) is 2.98. The molecule has 9 heteroatoms. The van der Waals surface area contributed by atoms with Gasteiger partial charge in [-0.1, -0.05) is 69.3 Å². The molecule has 1 aliphatic rings. The van der Waals surface area contributed by atoms with Crippen LogP contribution in [0.2, 0.25) is 0 Å². The number of aliphatic hydroxyl groups excluding tert-OH is 1. The van der Waals surface area contributed by atoms with Crippen LogP contribution in [0.1, 0.15) is 57.5 Å². The number of fused-ring (bicyclic) bond motifs is 1. The first-order chi connectivity index (χ1) is 20.8. The Labute approximate surface area is 254 Å². The first-order valence-electron chi connectivity index (χ1n) is 15.3. The van der Waals surface area contributed by atoms with Gasteiger partial charge in [-0.25, -0.2) is 4.98 Å². The Morgan fingerprint density at radius 3 is 2.58 bits per heavy atom. The highest BCUT2D eigenvalue weighted by Gasteiger charge is 2.25. The monoisotopic (exact) mass is 587 g/mol. The van der Waals surface area contributed by atoms with Crippen molar-refractivity contribution in [2.75, 3.05) is 19.7 Å². The van der Waals surface area contributed by atoms with Gasteiger partial charge >= 0.3 is 0 Å². The smallest absolute Gasteiger partial charge is 0.242 e. The van der Waals surface area contributed by atoms with Crippen LogP contribution >= 0.6 is 0 Å². The highest BCUT2D eigenvalue weighted by molar-refractivity contribution is 5.87. The number of imidazole rings is 1. The van der Waals surface area contributed by atoms with E-state index in [1.165, 1.54) is 0 Å². The van der Waals surface area contributed by atoms with Gasteiger partial charge in [0.2, 0.25) is 11.8 Å². The topological polar surface area (TPSA) is 128 Å². The molecule has 0 spiro atoms. The Morgan fingerprint density at radius 2 is 1.86 bits per heavy atom. The first kappa shape index (κ1) is 32.0. The molecule has 43 heavy (non-hydrogen) atoms. The van der Waals surface area contributed by atoms with Gasteiger partial charge in [0.1, 0.15) is 17.6 Å². The predicted octanol–water partition coefficient (Wildman–Crippen LogP) is 4.33. The van der Waals surface area contributed by atoms with Crippen LogP contribution in [0.5, 0.6) is 0 Å². The number of aliphatic hydroxyl groups is 1. The van der Waals surface area contributed by atoms with E-state index in [4.69, 9.17) is 9.72 Å². The number of rotatable bonds is 16. The second kappa shape index (κ2) is 16.0. The minimum Gasteiger partial charge on any atom is -0.494 e. The molecule has 2 aromatic carbocycles. The highest BCUT2D eigenvalue weighted by Crippen LogP contribution is 2.20. The van der Waals surface area contributed by atoms with E-state index in [2.05, 4.69) is 52.1 Å². The lowest BCUT2D eigenvalue weighted by atomic mass is 10.0. The number of hydrogen-bond donors (Lipinski definition) is 5. The molecule has 1 heterocycles. The third-order valence-electron chi connectivity index (χ3n) is 7.49. The number of hydrogen-bond acceptors (Lipinski definition) is 6. The number of amides is 2. The molecule has 4 unspecified atom stereocenters. The Balaban J connectivity index is 1.23. The van der Waals surface area contributed by atoms with E-state index in [-0.39, 0.29) is 43.3 Å². The minimum atomic E-state index is -0.835. The standard InChI is InChI=1S/C34H45N5O4/c1-23(2)32(39-31(41)14-9-19-43-27-17-15-24(3)16-18-27)34(42)36-22-26(40)21-35-30(20-25-10-5-4-6-11-25)33-37-28-12-7-8-13-29(28)38-33/h4-8,10-13,15,17-18,23-24,26,30,32,35,40H,9,14,16,19-22H2,1-3H3,(H,36,42)(H,37,38)(H,39,41). The summed E-state index contributed by atoms with van der Waals surface area (Å²) in [6, 6.07) is 17.1. The molecule has 9 nitrogen and oxygen atoms in total. The molecular weight excluding hydrogens is 542 g/mol. The fourth-order valence-corrected chi connectivity index (χ4v) is 4.95. The molecule has 0 saturated carbocycles. The van der Waals surface area contributed by atoms with Crippen molar-refractivity contribution >= 4 is 22.8 Å². The summed E-state index contributed by atoms with van der Waals surface area (Å²) in [5, 5.41) is 19.8. The van der Waals surface area contributed by atoms with E-state index in [0.717, 1.165) is 34.6 Å². The summed E-state index contributed by atoms with van der Waals surface area (Å²) in [5.74, 6) is 1.53. The molecule has 0 bridgehead atoms. The molecule has 4 atom stereocenters. The normalized spacial score (nSPS) is 16.9. The Kier molecular flexibility index (Phi) is 11.9. The fraction of sp³-hybridized carbons (Fsp3) is 0.441. The van der Waals surface area contributed by atoms with Gasteiger partial charge in [-0.3, -0.25) is 9.59 Å². The lowest BCUT2D eigenvalue weighted by molar-refractivity contribution is -0.130. The molecule has 5 N–H and O–H groups in total. The number of carbonyl (C=O) groups is 2. The van der Waals surface area contributed by atoms with E-state index >= 15 is 0 Å². The molecule has 0 aliphatic heterocycles. The number of para-hydroxylation sites is 2. The number of nitrogens with zero attached hydrogens (tertiary/aromatic N) is 1. The molecular formula is C34H45N5O4. The third kappa shape index (κ3) is 10.1. The number of aromatic nitrogens is 2. The zero-order valence-corrected chi connectivity index (χ0v) is 25.4. The van der Waals surface area contributed by atoms with Gasteiger partial charge in [-0.05, 0) is 60.9 Å². The van der Waals surface area contributed by atoms with Gasteiger partial charge in [0.15, 0.2) is 0 Å². The van der Waals surface area contributed by atoms with Gasteiger partial charge in [-0.15, -0.1) is 0 Å². The third-order valence-corrected chi connectivity index (χ3v) is 7.49. The Morgan fingerprint density at radius 1 is 1.09 bits per heavy atom. The number of H-pyrrole nitrogens is 1. The van der Waals surface area contributed by atoms with E-state index in [9.17, 15) is 14.7 Å². The molecule has 1 aromatic heterocycles. The van der Waals surface area contributed by atoms with Crippen molar-refractivity contribution in [3.8, 4) is 0 Å². The van der Waals surface area contributed by atoms with Gasteiger partial charge in [-0.2, -0.15) is 0 Å². The number of ether oxygens (including phenoxy) is 1. The molecule has 0 saturated heterocycles. The number of allylic oxidation sites excluding steroid dienone is 3. The maximum Gasteiger partial charge on any atom is 0.242 e. The van der Waals surface area contributed by atoms with Crippen molar-refractivity contribution in [2.45, 2.75) is 64.6 Å². The van der Waals surface area contributed by atoms with E-state index in [1.807, 2.05) is 62.4 Å². The number of nitrogens with one attached hydrogen (secondary N) is 4.